The number of sulfone groups is 1. The predicted molar refractivity (Wildman–Crippen MR) is 74.9 cm³/mol. The van der Waals surface area contributed by atoms with Gasteiger partial charge in [0.15, 0.2) is 9.84 Å². The Morgan fingerprint density at radius 2 is 1.80 bits per heavy atom. The van der Waals surface area contributed by atoms with Gasteiger partial charge < -0.3 is 4.90 Å². The maximum absolute atomic E-state index is 13.1. The molecular formula is C12H13BrF3NO2S. The molecule has 1 aromatic carbocycles. The van der Waals surface area contributed by atoms with Crippen LogP contribution in [0, 0.1) is 0 Å². The second-order valence-electron chi connectivity index (χ2n) is 4.62. The van der Waals surface area contributed by atoms with E-state index in [0.29, 0.717) is 10.9 Å². The summed E-state index contributed by atoms with van der Waals surface area (Å²) in [6.45, 7) is 0.193. The third kappa shape index (κ3) is 3.46. The van der Waals surface area contributed by atoms with Crippen LogP contribution in [0.25, 0.3) is 0 Å². The first-order valence-electron chi connectivity index (χ1n) is 5.94. The summed E-state index contributed by atoms with van der Waals surface area (Å²) in [4.78, 5) is 1.49. The fraction of sp³-hybridized carbons (Fsp3) is 0.500. The number of nitrogens with zero attached hydrogens (tertiary/aromatic N) is 1. The predicted octanol–water partition coefficient (Wildman–Crippen LogP) is 2.84. The second-order valence-corrected chi connectivity index (χ2v) is 7.49. The number of benzene rings is 1. The van der Waals surface area contributed by atoms with Crippen molar-refractivity contribution in [2.75, 3.05) is 29.5 Å². The van der Waals surface area contributed by atoms with Gasteiger partial charge in [0.1, 0.15) is 0 Å². The van der Waals surface area contributed by atoms with E-state index >= 15 is 0 Å². The Kier molecular flexibility index (Phi) is 4.34. The van der Waals surface area contributed by atoms with Gasteiger partial charge in [-0.1, -0.05) is 22.0 Å². The SMILES string of the molecule is O=S1(=O)CCN(c2ccc(CBr)cc2C(F)(F)F)CC1. The molecular weight excluding hydrogens is 359 g/mol. The first-order valence-corrected chi connectivity index (χ1v) is 8.89. The van der Waals surface area contributed by atoms with Gasteiger partial charge in [0.05, 0.1) is 17.1 Å². The van der Waals surface area contributed by atoms with Gasteiger partial charge in [-0.15, -0.1) is 0 Å². The highest BCUT2D eigenvalue weighted by molar-refractivity contribution is 9.08. The van der Waals surface area contributed by atoms with Crippen molar-refractivity contribution in [3.05, 3.63) is 29.3 Å². The number of anilines is 1. The quantitative estimate of drug-likeness (QED) is 0.750. The second kappa shape index (κ2) is 5.55. The summed E-state index contributed by atoms with van der Waals surface area (Å²) >= 11 is 3.13. The molecule has 1 heterocycles. The monoisotopic (exact) mass is 371 g/mol. The topological polar surface area (TPSA) is 37.4 Å². The fourth-order valence-corrected chi connectivity index (χ4v) is 3.67. The molecule has 1 fully saturated rings. The Morgan fingerprint density at radius 3 is 2.30 bits per heavy atom. The van der Waals surface area contributed by atoms with Gasteiger partial charge >= 0.3 is 6.18 Å². The molecule has 1 saturated heterocycles. The lowest BCUT2D eigenvalue weighted by Gasteiger charge is -2.31. The van der Waals surface area contributed by atoms with Gasteiger partial charge in [0.25, 0.3) is 0 Å². The molecule has 20 heavy (non-hydrogen) atoms. The average molecular weight is 372 g/mol. The molecule has 0 radical (unpaired) electrons. The van der Waals surface area contributed by atoms with Gasteiger partial charge in [0, 0.05) is 24.1 Å². The van der Waals surface area contributed by atoms with Crippen molar-refractivity contribution < 1.29 is 21.6 Å². The minimum Gasteiger partial charge on any atom is -0.369 e. The lowest BCUT2D eigenvalue weighted by atomic mass is 10.1. The highest BCUT2D eigenvalue weighted by Crippen LogP contribution is 2.38. The van der Waals surface area contributed by atoms with E-state index in [9.17, 15) is 21.6 Å². The summed E-state index contributed by atoms with van der Waals surface area (Å²) in [6, 6.07) is 4.13. The number of halogens is 4. The van der Waals surface area contributed by atoms with Crippen LogP contribution < -0.4 is 4.90 Å². The third-order valence-electron chi connectivity index (χ3n) is 3.21. The molecule has 0 unspecified atom stereocenters. The Labute approximate surface area is 123 Å². The summed E-state index contributed by atoms with van der Waals surface area (Å²) in [7, 11) is -3.12. The molecule has 0 aromatic heterocycles. The lowest BCUT2D eigenvalue weighted by Crippen LogP contribution is -2.41. The Balaban J connectivity index is 2.37. The van der Waals surface area contributed by atoms with Crippen LogP contribution in [0.2, 0.25) is 0 Å². The van der Waals surface area contributed by atoms with E-state index < -0.39 is 21.6 Å². The van der Waals surface area contributed by atoms with Crippen LogP contribution in [0.1, 0.15) is 11.1 Å². The molecule has 0 bridgehead atoms. The molecule has 112 valence electrons. The highest BCUT2D eigenvalue weighted by Gasteiger charge is 2.36. The molecule has 1 aromatic rings. The van der Waals surface area contributed by atoms with E-state index in [0.717, 1.165) is 6.07 Å². The van der Waals surface area contributed by atoms with Gasteiger partial charge in [-0.25, -0.2) is 8.42 Å². The minimum atomic E-state index is -4.45. The molecule has 8 heteroatoms. The molecule has 3 nitrogen and oxygen atoms in total. The van der Waals surface area contributed by atoms with Crippen LogP contribution in [0.15, 0.2) is 18.2 Å². The van der Waals surface area contributed by atoms with Crippen LogP contribution in [0.5, 0.6) is 0 Å². The van der Waals surface area contributed by atoms with Crippen molar-refractivity contribution in [2.24, 2.45) is 0 Å². The Morgan fingerprint density at radius 1 is 1.20 bits per heavy atom. The molecule has 2 rings (SSSR count). The van der Waals surface area contributed by atoms with Crippen LogP contribution >= 0.6 is 15.9 Å². The Hall–Kier alpha value is -0.760. The van der Waals surface area contributed by atoms with E-state index in [2.05, 4.69) is 15.9 Å². The number of alkyl halides is 4. The molecule has 0 atom stereocenters. The smallest absolute Gasteiger partial charge is 0.369 e. The van der Waals surface area contributed by atoms with Gasteiger partial charge in [-0.05, 0) is 17.7 Å². The standard InChI is InChI=1S/C12H13BrF3NO2S/c13-8-9-1-2-11(10(7-9)12(14,15)16)17-3-5-20(18,19)6-4-17/h1-2,7H,3-6,8H2. The van der Waals surface area contributed by atoms with Crippen LogP contribution in [-0.4, -0.2) is 33.0 Å². The number of hydrogen-bond acceptors (Lipinski definition) is 3. The van der Waals surface area contributed by atoms with E-state index in [-0.39, 0.29) is 30.3 Å². The van der Waals surface area contributed by atoms with Gasteiger partial charge in [-0.3, -0.25) is 0 Å². The summed E-state index contributed by atoms with van der Waals surface area (Å²) < 4.78 is 62.0. The van der Waals surface area contributed by atoms with Crippen molar-refractivity contribution in [1.29, 1.82) is 0 Å². The number of rotatable bonds is 2. The zero-order valence-corrected chi connectivity index (χ0v) is 12.9. The molecule has 0 N–H and O–H groups in total. The highest BCUT2D eigenvalue weighted by atomic mass is 79.9. The van der Waals surface area contributed by atoms with Crippen molar-refractivity contribution >= 4 is 31.5 Å². The third-order valence-corrected chi connectivity index (χ3v) is 5.46. The van der Waals surface area contributed by atoms with E-state index in [1.54, 1.807) is 6.07 Å². The molecule has 1 aliphatic heterocycles. The minimum absolute atomic E-state index is 0.0529. The van der Waals surface area contributed by atoms with E-state index in [1.165, 1.54) is 11.0 Å². The molecule has 0 spiro atoms. The van der Waals surface area contributed by atoms with Crippen molar-refractivity contribution in [1.82, 2.24) is 0 Å². The summed E-state index contributed by atoms with van der Waals surface area (Å²) in [5.41, 5.74) is -0.128. The van der Waals surface area contributed by atoms with E-state index in [4.69, 9.17) is 0 Å². The largest absolute Gasteiger partial charge is 0.418 e. The van der Waals surface area contributed by atoms with Gasteiger partial charge in [-0.2, -0.15) is 13.2 Å². The molecule has 1 aliphatic rings. The van der Waals surface area contributed by atoms with Crippen LogP contribution in [-0.2, 0) is 21.3 Å². The average Bonchev–Trinajstić information content (AvgIpc) is 2.37. The maximum atomic E-state index is 13.1. The molecule has 0 amide bonds. The zero-order chi connectivity index (χ0) is 15.0. The summed E-state index contributed by atoms with van der Waals surface area (Å²) in [6.07, 6.45) is -4.45. The van der Waals surface area contributed by atoms with Crippen LogP contribution in [0.4, 0.5) is 18.9 Å². The summed E-state index contributed by atoms with van der Waals surface area (Å²) in [5.74, 6) is -0.213. The summed E-state index contributed by atoms with van der Waals surface area (Å²) in [5, 5.41) is 0.338. The molecule has 0 saturated carbocycles. The number of hydrogen-bond donors (Lipinski definition) is 0. The van der Waals surface area contributed by atoms with Crippen LogP contribution in [0.3, 0.4) is 0 Å². The molecule has 0 aliphatic carbocycles. The Bertz CT molecular complexity index is 587. The first-order chi connectivity index (χ1) is 9.23. The van der Waals surface area contributed by atoms with Crippen molar-refractivity contribution in [3.8, 4) is 0 Å². The zero-order valence-electron chi connectivity index (χ0n) is 10.5. The lowest BCUT2D eigenvalue weighted by molar-refractivity contribution is -0.137. The fourth-order valence-electron chi connectivity index (χ4n) is 2.12. The first kappa shape index (κ1) is 15.6. The van der Waals surface area contributed by atoms with Crippen molar-refractivity contribution in [2.45, 2.75) is 11.5 Å². The van der Waals surface area contributed by atoms with E-state index in [1.807, 2.05) is 0 Å². The van der Waals surface area contributed by atoms with Gasteiger partial charge in [0.2, 0.25) is 0 Å². The van der Waals surface area contributed by atoms with Crippen molar-refractivity contribution in [3.63, 3.8) is 0 Å². The normalized spacial score (nSPS) is 19.1. The maximum Gasteiger partial charge on any atom is 0.418 e.